The highest BCUT2D eigenvalue weighted by atomic mass is 35.5. The van der Waals surface area contributed by atoms with Crippen LogP contribution in [-0.4, -0.2) is 30.2 Å². The van der Waals surface area contributed by atoms with Crippen molar-refractivity contribution in [2.24, 2.45) is 4.99 Å². The average molecular weight is 497 g/mol. The first kappa shape index (κ1) is 23.7. The molecule has 2 aromatic carbocycles. The van der Waals surface area contributed by atoms with E-state index in [1.54, 1.807) is 68.5 Å². The Labute approximate surface area is 204 Å². The molecule has 0 bridgehead atoms. The molecular weight excluding hydrogens is 476 g/mol. The van der Waals surface area contributed by atoms with E-state index >= 15 is 0 Å². The van der Waals surface area contributed by atoms with Gasteiger partial charge in [-0.2, -0.15) is 0 Å². The second-order valence-electron chi connectivity index (χ2n) is 7.44. The number of hydrogen-bond acceptors (Lipinski definition) is 7. The van der Waals surface area contributed by atoms with Gasteiger partial charge in [0.15, 0.2) is 4.80 Å². The standard InChI is InChI=1S/C25H21ClN2O5S/c1-4-33-24(31)20-14(2)27-25-28(21(20)17-7-5-6-8-18(17)26)22(29)19(34-25)13-15-9-11-16(12-10-15)23(30)32-3/h5-13,21H,4H2,1-3H3/t21-/m1/s1. The lowest BCUT2D eigenvalue weighted by atomic mass is 9.96. The lowest BCUT2D eigenvalue weighted by molar-refractivity contribution is -0.139. The Morgan fingerprint density at radius 1 is 1.15 bits per heavy atom. The number of carbonyl (C=O) groups excluding carboxylic acids is 2. The van der Waals surface area contributed by atoms with E-state index in [0.29, 0.717) is 31.2 Å². The summed E-state index contributed by atoms with van der Waals surface area (Å²) in [6.45, 7) is 3.63. The van der Waals surface area contributed by atoms with Crippen molar-refractivity contribution >= 4 is 41.0 Å². The minimum absolute atomic E-state index is 0.191. The first-order chi connectivity index (χ1) is 16.3. The molecule has 1 aliphatic rings. The number of aromatic nitrogens is 1. The normalized spacial score (nSPS) is 15.5. The van der Waals surface area contributed by atoms with Gasteiger partial charge in [0, 0.05) is 5.02 Å². The van der Waals surface area contributed by atoms with E-state index in [-0.39, 0.29) is 17.7 Å². The molecule has 7 nitrogen and oxygen atoms in total. The molecule has 0 fully saturated rings. The molecule has 0 unspecified atom stereocenters. The monoisotopic (exact) mass is 496 g/mol. The molecule has 0 amide bonds. The van der Waals surface area contributed by atoms with Gasteiger partial charge in [0.2, 0.25) is 0 Å². The van der Waals surface area contributed by atoms with Crippen LogP contribution in [0.5, 0.6) is 0 Å². The molecule has 0 radical (unpaired) electrons. The highest BCUT2D eigenvalue weighted by Gasteiger charge is 2.34. The second kappa shape index (κ2) is 9.79. The van der Waals surface area contributed by atoms with Crippen LogP contribution in [-0.2, 0) is 14.3 Å². The van der Waals surface area contributed by atoms with Gasteiger partial charge in [0.25, 0.3) is 5.56 Å². The summed E-state index contributed by atoms with van der Waals surface area (Å²) >= 11 is 7.71. The number of ether oxygens (including phenoxy) is 2. The Balaban J connectivity index is 1.90. The number of hydrogen-bond donors (Lipinski definition) is 0. The van der Waals surface area contributed by atoms with Crippen molar-refractivity contribution in [3.05, 3.63) is 101 Å². The SMILES string of the molecule is CCOC(=O)C1=C(C)N=c2sc(=Cc3ccc(C(=O)OC)cc3)c(=O)n2[C@@H]1c1ccccc1Cl. The third-order valence-electron chi connectivity index (χ3n) is 5.35. The number of carbonyl (C=O) groups is 2. The molecule has 1 aliphatic heterocycles. The number of thiazole rings is 1. The van der Waals surface area contributed by atoms with Crippen molar-refractivity contribution in [3.63, 3.8) is 0 Å². The van der Waals surface area contributed by atoms with E-state index in [2.05, 4.69) is 4.99 Å². The number of nitrogens with zero attached hydrogens (tertiary/aromatic N) is 2. The van der Waals surface area contributed by atoms with Crippen molar-refractivity contribution < 1.29 is 19.1 Å². The summed E-state index contributed by atoms with van der Waals surface area (Å²) in [7, 11) is 1.32. The molecule has 9 heteroatoms. The van der Waals surface area contributed by atoms with Gasteiger partial charge < -0.3 is 9.47 Å². The molecule has 0 aliphatic carbocycles. The Morgan fingerprint density at radius 2 is 1.85 bits per heavy atom. The molecule has 1 aromatic heterocycles. The van der Waals surface area contributed by atoms with Crippen LogP contribution in [0.4, 0.5) is 0 Å². The van der Waals surface area contributed by atoms with Crippen LogP contribution < -0.4 is 14.9 Å². The van der Waals surface area contributed by atoms with Gasteiger partial charge in [-0.1, -0.05) is 53.3 Å². The molecule has 4 rings (SSSR count). The Kier molecular flexibility index (Phi) is 6.81. The van der Waals surface area contributed by atoms with Gasteiger partial charge >= 0.3 is 11.9 Å². The summed E-state index contributed by atoms with van der Waals surface area (Å²) in [6, 6.07) is 13.0. The van der Waals surface area contributed by atoms with Gasteiger partial charge in [-0.15, -0.1) is 0 Å². The van der Waals surface area contributed by atoms with Crippen LogP contribution in [0.2, 0.25) is 5.02 Å². The third kappa shape index (κ3) is 4.34. The highest BCUT2D eigenvalue weighted by molar-refractivity contribution is 7.07. The third-order valence-corrected chi connectivity index (χ3v) is 6.67. The van der Waals surface area contributed by atoms with Crippen LogP contribution in [0.15, 0.2) is 69.6 Å². The fourth-order valence-corrected chi connectivity index (χ4v) is 5.05. The van der Waals surface area contributed by atoms with Crippen LogP contribution in [0, 0.1) is 0 Å². The quantitative estimate of drug-likeness (QED) is 0.506. The van der Waals surface area contributed by atoms with Gasteiger partial charge in [0.1, 0.15) is 6.04 Å². The van der Waals surface area contributed by atoms with E-state index < -0.39 is 18.0 Å². The number of methoxy groups -OCH3 is 1. The van der Waals surface area contributed by atoms with Gasteiger partial charge in [-0.05, 0) is 49.2 Å². The largest absolute Gasteiger partial charge is 0.465 e. The lowest BCUT2D eigenvalue weighted by Gasteiger charge is -2.25. The smallest absolute Gasteiger partial charge is 0.338 e. The number of benzene rings is 2. The van der Waals surface area contributed by atoms with E-state index in [1.807, 2.05) is 0 Å². The highest BCUT2D eigenvalue weighted by Crippen LogP contribution is 2.34. The zero-order chi connectivity index (χ0) is 24.4. The topological polar surface area (TPSA) is 87.0 Å². The van der Waals surface area contributed by atoms with Crippen LogP contribution in [0.1, 0.15) is 41.4 Å². The van der Waals surface area contributed by atoms with Gasteiger partial charge in [0.05, 0.1) is 35.1 Å². The molecule has 34 heavy (non-hydrogen) atoms. The number of esters is 2. The minimum atomic E-state index is -0.771. The number of fused-ring (bicyclic) bond motifs is 1. The van der Waals surface area contributed by atoms with Crippen molar-refractivity contribution in [1.82, 2.24) is 4.57 Å². The molecule has 3 aromatic rings. The summed E-state index contributed by atoms with van der Waals surface area (Å²) in [5, 5.41) is 0.428. The van der Waals surface area contributed by atoms with E-state index in [9.17, 15) is 14.4 Å². The predicted molar refractivity (Wildman–Crippen MR) is 130 cm³/mol. The Bertz CT molecular complexity index is 1480. The van der Waals surface area contributed by atoms with Crippen LogP contribution >= 0.6 is 22.9 Å². The number of rotatable bonds is 5. The van der Waals surface area contributed by atoms with Crippen molar-refractivity contribution in [2.75, 3.05) is 13.7 Å². The van der Waals surface area contributed by atoms with Crippen LogP contribution in [0.3, 0.4) is 0 Å². The molecule has 2 heterocycles. The first-order valence-electron chi connectivity index (χ1n) is 10.5. The molecule has 0 saturated carbocycles. The lowest BCUT2D eigenvalue weighted by Crippen LogP contribution is -2.40. The molecule has 174 valence electrons. The Hall–Kier alpha value is -3.49. The zero-order valence-corrected chi connectivity index (χ0v) is 20.3. The van der Waals surface area contributed by atoms with Gasteiger partial charge in [-0.25, -0.2) is 14.6 Å². The molecular formula is C25H21ClN2O5S. The maximum Gasteiger partial charge on any atom is 0.338 e. The summed E-state index contributed by atoms with van der Waals surface area (Å²) in [6.07, 6.45) is 1.72. The predicted octanol–water partition coefficient (Wildman–Crippen LogP) is 3.24. The zero-order valence-electron chi connectivity index (χ0n) is 18.7. The molecule has 0 saturated heterocycles. The summed E-state index contributed by atoms with van der Waals surface area (Å²) in [5.41, 5.74) is 2.19. The van der Waals surface area contributed by atoms with Crippen LogP contribution in [0.25, 0.3) is 6.08 Å². The maximum atomic E-state index is 13.6. The van der Waals surface area contributed by atoms with E-state index in [1.165, 1.54) is 23.0 Å². The minimum Gasteiger partial charge on any atom is -0.465 e. The number of allylic oxidation sites excluding steroid dienone is 1. The molecule has 0 spiro atoms. The van der Waals surface area contributed by atoms with Crippen molar-refractivity contribution in [3.8, 4) is 0 Å². The first-order valence-corrected chi connectivity index (χ1v) is 11.7. The van der Waals surface area contributed by atoms with Gasteiger partial charge in [-0.3, -0.25) is 9.36 Å². The second-order valence-corrected chi connectivity index (χ2v) is 8.85. The molecule has 0 N–H and O–H groups in total. The summed E-state index contributed by atoms with van der Waals surface area (Å²) in [4.78, 5) is 43.1. The summed E-state index contributed by atoms with van der Waals surface area (Å²) in [5.74, 6) is -0.978. The fraction of sp³-hybridized carbons (Fsp3) is 0.200. The Morgan fingerprint density at radius 3 is 2.50 bits per heavy atom. The van der Waals surface area contributed by atoms with Crippen molar-refractivity contribution in [2.45, 2.75) is 19.9 Å². The van der Waals surface area contributed by atoms with E-state index in [0.717, 1.165) is 5.56 Å². The van der Waals surface area contributed by atoms with E-state index in [4.69, 9.17) is 21.1 Å². The average Bonchev–Trinajstić information content (AvgIpc) is 3.13. The molecule has 1 atom stereocenters. The van der Waals surface area contributed by atoms with Crippen molar-refractivity contribution in [1.29, 1.82) is 0 Å². The summed E-state index contributed by atoms with van der Waals surface area (Å²) < 4.78 is 11.9. The number of halogens is 1. The fourth-order valence-electron chi connectivity index (χ4n) is 3.77. The maximum absolute atomic E-state index is 13.6.